The molecule has 0 amide bonds. The van der Waals surface area contributed by atoms with E-state index in [1.807, 2.05) is 12.1 Å². The van der Waals surface area contributed by atoms with E-state index in [0.29, 0.717) is 11.7 Å². The van der Waals surface area contributed by atoms with Crippen LogP contribution < -0.4 is 10.6 Å². The van der Waals surface area contributed by atoms with Crippen LogP contribution in [0.5, 0.6) is 0 Å². The molecule has 4 nitrogen and oxygen atoms in total. The van der Waals surface area contributed by atoms with Gasteiger partial charge in [0.05, 0.1) is 16.3 Å². The molecule has 0 spiro atoms. The van der Waals surface area contributed by atoms with Crippen molar-refractivity contribution >= 4 is 21.2 Å². The maximum atomic E-state index is 11.9. The summed E-state index contributed by atoms with van der Waals surface area (Å²) < 4.78 is 23.9. The summed E-state index contributed by atoms with van der Waals surface area (Å²) in [5.41, 5.74) is 7.38. The normalized spacial score (nSPS) is 20.1. The predicted molar refractivity (Wildman–Crippen MR) is 83.9 cm³/mol. The average molecular weight is 296 g/mol. The van der Waals surface area contributed by atoms with Gasteiger partial charge in [0, 0.05) is 18.3 Å². The van der Waals surface area contributed by atoms with Gasteiger partial charge in [-0.2, -0.15) is 0 Å². The Balaban J connectivity index is 2.33. The highest BCUT2D eigenvalue weighted by molar-refractivity contribution is 7.91. The van der Waals surface area contributed by atoms with E-state index in [2.05, 4.69) is 11.8 Å². The minimum absolute atomic E-state index is 0.0812. The lowest BCUT2D eigenvalue weighted by molar-refractivity contribution is 0.450. The first kappa shape index (κ1) is 15.2. The van der Waals surface area contributed by atoms with Gasteiger partial charge in [-0.15, -0.1) is 0 Å². The van der Waals surface area contributed by atoms with E-state index in [1.165, 1.54) is 19.3 Å². The Morgan fingerprint density at radius 1 is 1.30 bits per heavy atom. The largest absolute Gasteiger partial charge is 0.398 e. The lowest BCUT2D eigenvalue weighted by atomic mass is 9.99. The van der Waals surface area contributed by atoms with Crippen molar-refractivity contribution in [3.63, 3.8) is 0 Å². The number of nitrogen functional groups attached to an aromatic ring is 1. The van der Waals surface area contributed by atoms with Crippen LogP contribution in [0.4, 0.5) is 11.4 Å². The summed E-state index contributed by atoms with van der Waals surface area (Å²) in [4.78, 5) is 2.62. The zero-order valence-electron chi connectivity index (χ0n) is 12.3. The van der Waals surface area contributed by atoms with Crippen molar-refractivity contribution in [1.29, 1.82) is 0 Å². The average Bonchev–Trinajstić information content (AvgIpc) is 2.46. The summed E-state index contributed by atoms with van der Waals surface area (Å²) in [6.45, 7) is 4.86. The molecule has 1 aromatic rings. The molecule has 2 N–H and O–H groups in total. The second-order valence-corrected chi connectivity index (χ2v) is 7.62. The molecule has 0 unspecified atom stereocenters. The second-order valence-electron chi connectivity index (χ2n) is 5.38. The summed E-state index contributed by atoms with van der Waals surface area (Å²) >= 11 is 0. The first-order valence-corrected chi connectivity index (χ1v) is 9.03. The van der Waals surface area contributed by atoms with E-state index < -0.39 is 9.84 Å². The SMILES string of the molecule is CC[C@H]1CCCCN1c1ccc(S(=O)(=O)CC)c(N)c1. The number of nitrogens with two attached hydrogens (primary N) is 1. The number of anilines is 2. The molecule has 20 heavy (non-hydrogen) atoms. The summed E-state index contributed by atoms with van der Waals surface area (Å²) in [6, 6.07) is 5.91. The Bertz CT molecular complexity index is 569. The summed E-state index contributed by atoms with van der Waals surface area (Å²) in [5, 5.41) is 0. The fourth-order valence-corrected chi connectivity index (χ4v) is 3.92. The summed E-state index contributed by atoms with van der Waals surface area (Å²) in [5.74, 6) is 0.0812. The van der Waals surface area contributed by atoms with E-state index in [9.17, 15) is 8.42 Å². The number of hydrogen-bond donors (Lipinski definition) is 1. The third kappa shape index (κ3) is 2.92. The first-order chi connectivity index (χ1) is 9.49. The van der Waals surface area contributed by atoms with Crippen molar-refractivity contribution < 1.29 is 8.42 Å². The maximum absolute atomic E-state index is 11.9. The fraction of sp³-hybridized carbons (Fsp3) is 0.600. The highest BCUT2D eigenvalue weighted by Crippen LogP contribution is 2.30. The molecular formula is C15H24N2O2S. The minimum atomic E-state index is -3.24. The Morgan fingerprint density at radius 3 is 2.65 bits per heavy atom. The van der Waals surface area contributed by atoms with Gasteiger partial charge >= 0.3 is 0 Å². The van der Waals surface area contributed by atoms with E-state index in [-0.39, 0.29) is 10.6 Å². The van der Waals surface area contributed by atoms with Crippen molar-refractivity contribution in [3.05, 3.63) is 18.2 Å². The molecule has 1 aliphatic rings. The highest BCUT2D eigenvalue weighted by atomic mass is 32.2. The molecule has 1 fully saturated rings. The number of hydrogen-bond acceptors (Lipinski definition) is 4. The Hall–Kier alpha value is -1.23. The van der Waals surface area contributed by atoms with Crippen molar-refractivity contribution in [3.8, 4) is 0 Å². The van der Waals surface area contributed by atoms with Crippen LogP contribution in [0.25, 0.3) is 0 Å². The topological polar surface area (TPSA) is 63.4 Å². The summed E-state index contributed by atoms with van der Waals surface area (Å²) in [6.07, 6.45) is 4.76. The van der Waals surface area contributed by atoms with E-state index >= 15 is 0 Å². The van der Waals surface area contributed by atoms with E-state index in [0.717, 1.165) is 18.7 Å². The van der Waals surface area contributed by atoms with Crippen LogP contribution >= 0.6 is 0 Å². The van der Waals surface area contributed by atoms with Crippen LogP contribution in [0, 0.1) is 0 Å². The highest BCUT2D eigenvalue weighted by Gasteiger charge is 2.23. The van der Waals surface area contributed by atoms with Crippen molar-refractivity contribution in [1.82, 2.24) is 0 Å². The fourth-order valence-electron chi connectivity index (χ4n) is 2.92. The Morgan fingerprint density at radius 2 is 2.05 bits per heavy atom. The van der Waals surface area contributed by atoms with Gasteiger partial charge in [0.1, 0.15) is 0 Å². The predicted octanol–water partition coefficient (Wildman–Crippen LogP) is 2.83. The third-order valence-electron chi connectivity index (χ3n) is 4.14. The van der Waals surface area contributed by atoms with Crippen molar-refractivity contribution in [2.75, 3.05) is 22.9 Å². The van der Waals surface area contributed by atoms with Gasteiger partial charge in [0.25, 0.3) is 0 Å². The molecule has 2 rings (SSSR count). The van der Waals surface area contributed by atoms with Crippen LogP contribution in [0.3, 0.4) is 0 Å². The van der Waals surface area contributed by atoms with E-state index in [4.69, 9.17) is 5.73 Å². The van der Waals surface area contributed by atoms with Gasteiger partial charge in [-0.3, -0.25) is 0 Å². The number of rotatable bonds is 4. The first-order valence-electron chi connectivity index (χ1n) is 7.38. The van der Waals surface area contributed by atoms with Gasteiger partial charge in [-0.1, -0.05) is 13.8 Å². The molecule has 1 atom stereocenters. The number of sulfone groups is 1. The monoisotopic (exact) mass is 296 g/mol. The number of piperidine rings is 1. The molecule has 0 radical (unpaired) electrons. The van der Waals surface area contributed by atoms with Gasteiger partial charge in [-0.05, 0) is 43.9 Å². The van der Waals surface area contributed by atoms with Gasteiger partial charge in [0.15, 0.2) is 9.84 Å². The second kappa shape index (κ2) is 6.04. The van der Waals surface area contributed by atoms with Crippen LogP contribution in [0.1, 0.15) is 39.5 Å². The van der Waals surface area contributed by atoms with Gasteiger partial charge in [-0.25, -0.2) is 8.42 Å². The van der Waals surface area contributed by atoms with E-state index in [1.54, 1.807) is 13.0 Å². The molecule has 0 bridgehead atoms. The Kier molecular flexibility index (Phi) is 4.58. The van der Waals surface area contributed by atoms with Crippen molar-refractivity contribution in [2.45, 2.75) is 50.5 Å². The molecule has 1 aliphatic heterocycles. The maximum Gasteiger partial charge on any atom is 0.180 e. The third-order valence-corrected chi connectivity index (χ3v) is 5.94. The molecule has 5 heteroatoms. The molecule has 112 valence electrons. The van der Waals surface area contributed by atoms with Crippen LogP contribution in [0.2, 0.25) is 0 Å². The molecule has 1 saturated heterocycles. The molecule has 0 saturated carbocycles. The number of nitrogens with zero attached hydrogens (tertiary/aromatic N) is 1. The molecular weight excluding hydrogens is 272 g/mol. The minimum Gasteiger partial charge on any atom is -0.398 e. The molecule has 1 aromatic carbocycles. The Labute approximate surface area is 121 Å². The smallest absolute Gasteiger partial charge is 0.180 e. The quantitative estimate of drug-likeness (QED) is 0.868. The zero-order valence-corrected chi connectivity index (χ0v) is 13.1. The van der Waals surface area contributed by atoms with Crippen LogP contribution in [0.15, 0.2) is 23.1 Å². The molecule has 0 aliphatic carbocycles. The number of benzene rings is 1. The van der Waals surface area contributed by atoms with Gasteiger partial charge in [0.2, 0.25) is 0 Å². The molecule has 1 heterocycles. The lowest BCUT2D eigenvalue weighted by Crippen LogP contribution is -2.39. The lowest BCUT2D eigenvalue weighted by Gasteiger charge is -2.37. The standard InChI is InChI=1S/C15H24N2O2S/c1-3-12-7-5-6-10-17(12)13-8-9-15(14(16)11-13)20(18,19)4-2/h8-9,11-12H,3-7,10,16H2,1-2H3/t12-/m0/s1. The summed E-state index contributed by atoms with van der Waals surface area (Å²) in [7, 11) is -3.24. The van der Waals surface area contributed by atoms with Gasteiger partial charge < -0.3 is 10.6 Å². The zero-order chi connectivity index (χ0) is 14.8. The van der Waals surface area contributed by atoms with Crippen LogP contribution in [-0.2, 0) is 9.84 Å². The molecule has 0 aromatic heterocycles. The van der Waals surface area contributed by atoms with Crippen molar-refractivity contribution in [2.24, 2.45) is 0 Å². The van der Waals surface area contributed by atoms with Crippen LogP contribution in [-0.4, -0.2) is 26.8 Å².